The first-order valence-corrected chi connectivity index (χ1v) is 8.31. The van der Waals surface area contributed by atoms with Gasteiger partial charge in [0, 0.05) is 16.7 Å². The molecule has 2 rings (SSSR count). The van der Waals surface area contributed by atoms with E-state index in [1.54, 1.807) is 18.2 Å². The van der Waals surface area contributed by atoms with E-state index in [2.05, 4.69) is 26.0 Å². The number of hydrogen-bond donors (Lipinski definition) is 2. The highest BCUT2D eigenvalue weighted by Crippen LogP contribution is 2.17. The monoisotopic (exact) mass is 354 g/mol. The van der Waals surface area contributed by atoms with Gasteiger partial charge in [-0.2, -0.15) is 0 Å². The largest absolute Gasteiger partial charge is 0.381 e. The average molecular weight is 355 g/mol. The number of halogens is 1. The van der Waals surface area contributed by atoms with Crippen molar-refractivity contribution in [1.82, 2.24) is 4.72 Å². The molecular formula is C14H15BrN2O2S. The van der Waals surface area contributed by atoms with E-state index in [-0.39, 0.29) is 4.90 Å². The van der Waals surface area contributed by atoms with Gasteiger partial charge in [0.15, 0.2) is 0 Å². The Morgan fingerprint density at radius 3 is 2.45 bits per heavy atom. The Morgan fingerprint density at radius 1 is 1.10 bits per heavy atom. The van der Waals surface area contributed by atoms with Crippen molar-refractivity contribution >= 4 is 31.6 Å². The van der Waals surface area contributed by atoms with Crippen LogP contribution in [0.1, 0.15) is 5.56 Å². The van der Waals surface area contributed by atoms with Crippen LogP contribution in [0.4, 0.5) is 5.69 Å². The van der Waals surface area contributed by atoms with E-state index in [9.17, 15) is 8.42 Å². The Balaban J connectivity index is 2.11. The van der Waals surface area contributed by atoms with Crippen molar-refractivity contribution < 1.29 is 8.42 Å². The molecule has 106 valence electrons. The van der Waals surface area contributed by atoms with Crippen LogP contribution in [0.3, 0.4) is 0 Å². The summed E-state index contributed by atoms with van der Waals surface area (Å²) < 4.78 is 26.8. The van der Waals surface area contributed by atoms with Gasteiger partial charge < -0.3 is 5.32 Å². The highest BCUT2D eigenvalue weighted by atomic mass is 79.9. The number of nitrogens with one attached hydrogen (secondary N) is 2. The fourth-order valence-corrected chi connectivity index (χ4v) is 2.74. The number of rotatable bonds is 5. The second-order valence-corrected chi connectivity index (χ2v) is 7.02. The molecular weight excluding hydrogens is 340 g/mol. The molecule has 0 saturated heterocycles. The van der Waals surface area contributed by atoms with Crippen molar-refractivity contribution in [3.05, 3.63) is 58.6 Å². The number of sulfonamides is 1. The summed E-state index contributed by atoms with van der Waals surface area (Å²) in [5, 5.41) is 3.21. The lowest BCUT2D eigenvalue weighted by Gasteiger charge is -2.09. The summed E-state index contributed by atoms with van der Waals surface area (Å²) in [7, 11) is -2.01. The van der Waals surface area contributed by atoms with E-state index in [0.29, 0.717) is 6.54 Å². The zero-order valence-electron chi connectivity index (χ0n) is 10.9. The third-order valence-corrected chi connectivity index (χ3v) is 4.76. The summed E-state index contributed by atoms with van der Waals surface area (Å²) in [4.78, 5) is 0.251. The van der Waals surface area contributed by atoms with Crippen LogP contribution in [0.15, 0.2) is 57.9 Å². The molecule has 0 unspecified atom stereocenters. The molecule has 0 atom stereocenters. The van der Waals surface area contributed by atoms with Crippen LogP contribution in [-0.4, -0.2) is 15.5 Å². The van der Waals surface area contributed by atoms with Gasteiger partial charge in [-0.15, -0.1) is 0 Å². The Labute approximate surface area is 127 Å². The van der Waals surface area contributed by atoms with E-state index in [0.717, 1.165) is 15.7 Å². The van der Waals surface area contributed by atoms with Crippen LogP contribution in [0.5, 0.6) is 0 Å². The summed E-state index contributed by atoms with van der Waals surface area (Å²) in [5.41, 5.74) is 1.89. The molecule has 0 amide bonds. The normalized spacial score (nSPS) is 11.3. The van der Waals surface area contributed by atoms with E-state index in [1.807, 2.05) is 30.3 Å². The minimum absolute atomic E-state index is 0.251. The van der Waals surface area contributed by atoms with Crippen LogP contribution in [0.25, 0.3) is 0 Å². The predicted octanol–water partition coefficient (Wildman–Crippen LogP) is 2.97. The first-order valence-electron chi connectivity index (χ1n) is 6.03. The van der Waals surface area contributed by atoms with Crippen LogP contribution >= 0.6 is 15.9 Å². The first kappa shape index (κ1) is 15.0. The molecule has 0 saturated carbocycles. The zero-order valence-corrected chi connectivity index (χ0v) is 13.3. The van der Waals surface area contributed by atoms with Gasteiger partial charge in [0.1, 0.15) is 0 Å². The molecule has 0 spiro atoms. The molecule has 0 aliphatic rings. The third-order valence-electron chi connectivity index (χ3n) is 2.82. The second kappa shape index (κ2) is 6.39. The number of anilines is 1. The van der Waals surface area contributed by atoms with E-state index < -0.39 is 10.0 Å². The zero-order chi connectivity index (χ0) is 14.6. The Bertz CT molecular complexity index is 685. The summed E-state index contributed by atoms with van der Waals surface area (Å²) in [6.07, 6.45) is 0. The van der Waals surface area contributed by atoms with Crippen molar-refractivity contribution in [2.75, 3.05) is 12.4 Å². The SMILES string of the molecule is CNS(=O)(=O)c1cccc(NCc2ccc(Br)cc2)c1. The number of hydrogen-bond acceptors (Lipinski definition) is 3. The van der Waals surface area contributed by atoms with Gasteiger partial charge in [-0.05, 0) is 42.9 Å². The van der Waals surface area contributed by atoms with E-state index >= 15 is 0 Å². The molecule has 0 bridgehead atoms. The molecule has 6 heteroatoms. The molecule has 0 fully saturated rings. The summed E-state index contributed by atoms with van der Waals surface area (Å²) in [6, 6.07) is 14.7. The Hall–Kier alpha value is -1.37. The number of benzene rings is 2. The molecule has 0 aromatic heterocycles. The van der Waals surface area contributed by atoms with Gasteiger partial charge in [0.25, 0.3) is 0 Å². The molecule has 0 aliphatic carbocycles. The molecule has 2 aromatic carbocycles. The van der Waals surface area contributed by atoms with Gasteiger partial charge in [0.2, 0.25) is 10.0 Å². The summed E-state index contributed by atoms with van der Waals surface area (Å²) in [6.45, 7) is 0.635. The predicted molar refractivity (Wildman–Crippen MR) is 84.2 cm³/mol. The minimum Gasteiger partial charge on any atom is -0.381 e. The van der Waals surface area contributed by atoms with E-state index in [1.165, 1.54) is 7.05 Å². The second-order valence-electron chi connectivity index (χ2n) is 4.22. The lowest BCUT2D eigenvalue weighted by Crippen LogP contribution is -2.18. The standard InChI is InChI=1S/C14H15BrN2O2S/c1-16-20(18,19)14-4-2-3-13(9-14)17-10-11-5-7-12(15)8-6-11/h2-9,16-17H,10H2,1H3. The van der Waals surface area contributed by atoms with Crippen molar-refractivity contribution in [2.24, 2.45) is 0 Å². The fraction of sp³-hybridized carbons (Fsp3) is 0.143. The Morgan fingerprint density at radius 2 is 1.80 bits per heavy atom. The first-order chi connectivity index (χ1) is 9.51. The molecule has 2 N–H and O–H groups in total. The van der Waals surface area contributed by atoms with Crippen LogP contribution in [-0.2, 0) is 16.6 Å². The fourth-order valence-electron chi connectivity index (χ4n) is 1.70. The Kier molecular flexibility index (Phi) is 4.80. The lowest BCUT2D eigenvalue weighted by atomic mass is 10.2. The molecule has 4 nitrogen and oxygen atoms in total. The van der Waals surface area contributed by atoms with Crippen molar-refractivity contribution in [1.29, 1.82) is 0 Å². The van der Waals surface area contributed by atoms with Gasteiger partial charge in [0.05, 0.1) is 4.90 Å². The maximum atomic E-state index is 11.7. The minimum atomic E-state index is -3.41. The topological polar surface area (TPSA) is 58.2 Å². The third kappa shape index (κ3) is 3.82. The average Bonchev–Trinajstić information content (AvgIpc) is 2.47. The highest BCUT2D eigenvalue weighted by Gasteiger charge is 2.11. The molecule has 20 heavy (non-hydrogen) atoms. The van der Waals surface area contributed by atoms with E-state index in [4.69, 9.17) is 0 Å². The highest BCUT2D eigenvalue weighted by molar-refractivity contribution is 9.10. The molecule has 0 radical (unpaired) electrons. The van der Waals surface area contributed by atoms with Gasteiger partial charge in [-0.1, -0.05) is 34.1 Å². The quantitative estimate of drug-likeness (QED) is 0.867. The smallest absolute Gasteiger partial charge is 0.240 e. The van der Waals surface area contributed by atoms with Crippen molar-refractivity contribution in [3.8, 4) is 0 Å². The van der Waals surface area contributed by atoms with Crippen LogP contribution < -0.4 is 10.0 Å². The van der Waals surface area contributed by atoms with Gasteiger partial charge in [-0.25, -0.2) is 13.1 Å². The summed E-state index contributed by atoms with van der Waals surface area (Å²) in [5.74, 6) is 0. The van der Waals surface area contributed by atoms with Gasteiger partial charge in [-0.3, -0.25) is 0 Å². The molecule has 0 heterocycles. The lowest BCUT2D eigenvalue weighted by molar-refractivity contribution is 0.588. The maximum Gasteiger partial charge on any atom is 0.240 e. The van der Waals surface area contributed by atoms with Crippen molar-refractivity contribution in [2.45, 2.75) is 11.4 Å². The summed E-state index contributed by atoms with van der Waals surface area (Å²) >= 11 is 3.39. The van der Waals surface area contributed by atoms with Crippen molar-refractivity contribution in [3.63, 3.8) is 0 Å². The molecule has 0 aliphatic heterocycles. The maximum absolute atomic E-state index is 11.7. The van der Waals surface area contributed by atoms with Gasteiger partial charge >= 0.3 is 0 Å². The van der Waals surface area contributed by atoms with Crippen LogP contribution in [0, 0.1) is 0 Å². The van der Waals surface area contributed by atoms with Crippen LogP contribution in [0.2, 0.25) is 0 Å². The molecule has 2 aromatic rings.